The van der Waals surface area contributed by atoms with E-state index < -0.39 is 0 Å². The number of anilines is 1. The molecule has 0 unspecified atom stereocenters. The zero-order chi connectivity index (χ0) is 20.2. The van der Waals surface area contributed by atoms with E-state index >= 15 is 0 Å². The highest BCUT2D eigenvalue weighted by Crippen LogP contribution is 2.25. The van der Waals surface area contributed by atoms with Gasteiger partial charge in [-0.2, -0.15) is 0 Å². The molecule has 0 aliphatic carbocycles. The molecule has 0 spiro atoms. The number of fused-ring (bicyclic) bond motifs is 1. The third kappa shape index (κ3) is 4.17. The summed E-state index contributed by atoms with van der Waals surface area (Å²) in [5.74, 6) is -0.443. The molecule has 2 amide bonds. The van der Waals surface area contributed by atoms with Gasteiger partial charge in [-0.25, -0.2) is 4.98 Å². The number of aromatic nitrogens is 1. The first kappa shape index (κ1) is 18.8. The van der Waals surface area contributed by atoms with Crippen molar-refractivity contribution in [2.24, 2.45) is 0 Å². The number of rotatable bonds is 5. The maximum Gasteiger partial charge on any atom is 0.263 e. The van der Waals surface area contributed by atoms with Crippen LogP contribution >= 0.6 is 11.3 Å². The van der Waals surface area contributed by atoms with Gasteiger partial charge in [0.2, 0.25) is 0 Å². The highest BCUT2D eigenvalue weighted by Gasteiger charge is 2.18. The highest BCUT2D eigenvalue weighted by molar-refractivity contribution is 7.17. The Morgan fingerprint density at radius 3 is 2.45 bits per heavy atom. The van der Waals surface area contributed by atoms with Crippen molar-refractivity contribution < 1.29 is 9.59 Å². The van der Waals surface area contributed by atoms with Gasteiger partial charge in [0.15, 0.2) is 5.13 Å². The van der Waals surface area contributed by atoms with E-state index in [0.29, 0.717) is 27.8 Å². The number of carbonyl (C=O) groups excluding carboxylic acids is 2. The smallest absolute Gasteiger partial charge is 0.263 e. The monoisotopic (exact) mass is 401 g/mol. The van der Waals surface area contributed by atoms with Crippen LogP contribution in [0.1, 0.15) is 31.3 Å². The molecule has 4 aromatic rings. The largest absolute Gasteiger partial charge is 0.347 e. The predicted molar refractivity (Wildman–Crippen MR) is 116 cm³/mol. The van der Waals surface area contributed by atoms with Gasteiger partial charge >= 0.3 is 0 Å². The summed E-state index contributed by atoms with van der Waals surface area (Å²) in [5, 5.41) is 8.01. The Morgan fingerprint density at radius 1 is 0.897 bits per heavy atom. The van der Waals surface area contributed by atoms with E-state index in [-0.39, 0.29) is 11.8 Å². The number of thiazole rings is 1. The Balaban J connectivity index is 1.49. The molecular weight excluding hydrogens is 382 g/mol. The lowest BCUT2D eigenvalue weighted by Gasteiger charge is -2.06. The van der Waals surface area contributed by atoms with Gasteiger partial charge in [0.25, 0.3) is 11.8 Å². The van der Waals surface area contributed by atoms with Crippen molar-refractivity contribution in [1.82, 2.24) is 10.3 Å². The van der Waals surface area contributed by atoms with E-state index in [1.54, 1.807) is 13.0 Å². The minimum atomic E-state index is -0.244. The molecule has 1 heterocycles. The Hall–Kier alpha value is -3.51. The SMILES string of the molecule is Cc1nc(NC(=O)c2cccc3ccccc23)sc1C(=O)NCc1ccccc1. The Kier molecular flexibility index (Phi) is 5.35. The first-order valence-corrected chi connectivity index (χ1v) is 10.0. The second-order valence-corrected chi connectivity index (χ2v) is 7.58. The fourth-order valence-corrected chi connectivity index (χ4v) is 3.98. The van der Waals surface area contributed by atoms with Crippen LogP contribution in [-0.2, 0) is 6.54 Å². The van der Waals surface area contributed by atoms with Crippen LogP contribution in [0, 0.1) is 6.92 Å². The topological polar surface area (TPSA) is 71.1 Å². The van der Waals surface area contributed by atoms with Crippen molar-refractivity contribution in [3.05, 3.63) is 94.5 Å². The van der Waals surface area contributed by atoms with E-state index in [1.165, 1.54) is 11.3 Å². The van der Waals surface area contributed by atoms with Gasteiger partial charge in [0.1, 0.15) is 4.88 Å². The molecule has 0 saturated carbocycles. The molecule has 4 rings (SSSR count). The molecule has 0 aliphatic heterocycles. The Morgan fingerprint density at radius 2 is 1.62 bits per heavy atom. The minimum Gasteiger partial charge on any atom is -0.347 e. The van der Waals surface area contributed by atoms with Crippen molar-refractivity contribution in [3.8, 4) is 0 Å². The average Bonchev–Trinajstić information content (AvgIpc) is 3.12. The Bertz CT molecular complexity index is 1180. The first-order valence-electron chi connectivity index (χ1n) is 9.20. The first-order chi connectivity index (χ1) is 14.1. The maximum atomic E-state index is 12.8. The zero-order valence-corrected chi connectivity index (χ0v) is 16.6. The summed E-state index contributed by atoms with van der Waals surface area (Å²) >= 11 is 1.18. The molecule has 0 fully saturated rings. The van der Waals surface area contributed by atoms with Gasteiger partial charge in [0.05, 0.1) is 5.69 Å². The summed E-state index contributed by atoms with van der Waals surface area (Å²) in [6, 6.07) is 23.0. The van der Waals surface area contributed by atoms with Crippen LogP contribution < -0.4 is 10.6 Å². The van der Waals surface area contributed by atoms with Crippen LogP contribution in [-0.4, -0.2) is 16.8 Å². The maximum absolute atomic E-state index is 12.8. The number of nitrogens with one attached hydrogen (secondary N) is 2. The second kappa shape index (κ2) is 8.24. The van der Waals surface area contributed by atoms with Gasteiger partial charge in [-0.15, -0.1) is 0 Å². The van der Waals surface area contributed by atoms with Gasteiger partial charge in [-0.3, -0.25) is 14.9 Å². The van der Waals surface area contributed by atoms with E-state index in [2.05, 4.69) is 15.6 Å². The van der Waals surface area contributed by atoms with Crippen LogP contribution in [0.3, 0.4) is 0 Å². The van der Waals surface area contributed by atoms with Crippen LogP contribution in [0.4, 0.5) is 5.13 Å². The fourth-order valence-electron chi connectivity index (χ4n) is 3.11. The predicted octanol–water partition coefficient (Wildman–Crippen LogP) is 4.79. The van der Waals surface area contributed by atoms with Gasteiger partial charge in [-0.1, -0.05) is 78.1 Å². The standard InChI is InChI=1S/C23H19N3O2S/c1-15-20(22(28)24-14-16-8-3-2-4-9-16)29-23(25-15)26-21(27)19-13-7-11-17-10-5-6-12-18(17)19/h2-13H,14H2,1H3,(H,24,28)(H,25,26,27). The van der Waals surface area contributed by atoms with Crippen molar-refractivity contribution >= 4 is 39.1 Å². The fraction of sp³-hybridized carbons (Fsp3) is 0.0870. The molecule has 0 atom stereocenters. The van der Waals surface area contributed by atoms with Crippen LogP contribution in [0.25, 0.3) is 10.8 Å². The summed E-state index contributed by atoms with van der Waals surface area (Å²) in [7, 11) is 0. The van der Waals surface area contributed by atoms with Crippen molar-refractivity contribution in [3.63, 3.8) is 0 Å². The lowest BCUT2D eigenvalue weighted by atomic mass is 10.0. The lowest BCUT2D eigenvalue weighted by Crippen LogP contribution is -2.22. The number of amides is 2. The van der Waals surface area contributed by atoms with Crippen LogP contribution in [0.15, 0.2) is 72.8 Å². The Labute approximate surface area is 172 Å². The number of hydrogen-bond donors (Lipinski definition) is 2. The molecule has 0 aliphatic rings. The third-order valence-electron chi connectivity index (χ3n) is 4.55. The molecule has 1 aromatic heterocycles. The van der Waals surface area contributed by atoms with E-state index in [4.69, 9.17) is 0 Å². The molecule has 144 valence electrons. The van der Waals surface area contributed by atoms with Crippen molar-refractivity contribution in [2.45, 2.75) is 13.5 Å². The second-order valence-electron chi connectivity index (χ2n) is 6.58. The normalized spacial score (nSPS) is 10.7. The van der Waals surface area contributed by atoms with Crippen molar-refractivity contribution in [2.75, 3.05) is 5.32 Å². The molecule has 5 nitrogen and oxygen atoms in total. The molecule has 3 aromatic carbocycles. The van der Waals surface area contributed by atoms with E-state index in [9.17, 15) is 9.59 Å². The van der Waals surface area contributed by atoms with Gasteiger partial charge in [-0.05, 0) is 29.3 Å². The van der Waals surface area contributed by atoms with Crippen molar-refractivity contribution in [1.29, 1.82) is 0 Å². The average molecular weight is 401 g/mol. The van der Waals surface area contributed by atoms with E-state index in [1.807, 2.05) is 66.7 Å². The summed E-state index contributed by atoms with van der Waals surface area (Å²) < 4.78 is 0. The van der Waals surface area contributed by atoms with Crippen LogP contribution in [0.2, 0.25) is 0 Å². The number of aryl methyl sites for hydroxylation is 1. The lowest BCUT2D eigenvalue weighted by molar-refractivity contribution is 0.0953. The molecule has 0 bridgehead atoms. The van der Waals surface area contributed by atoms with Crippen LogP contribution in [0.5, 0.6) is 0 Å². The number of carbonyl (C=O) groups is 2. The van der Waals surface area contributed by atoms with Gasteiger partial charge < -0.3 is 5.32 Å². The molecule has 29 heavy (non-hydrogen) atoms. The quantitative estimate of drug-likeness (QED) is 0.505. The summed E-state index contributed by atoms with van der Waals surface area (Å²) in [4.78, 5) is 30.2. The molecule has 0 radical (unpaired) electrons. The summed E-state index contributed by atoms with van der Waals surface area (Å²) in [6.45, 7) is 2.20. The minimum absolute atomic E-state index is 0.200. The third-order valence-corrected chi connectivity index (χ3v) is 5.63. The number of hydrogen-bond acceptors (Lipinski definition) is 4. The summed E-state index contributed by atoms with van der Waals surface area (Å²) in [5.41, 5.74) is 2.19. The molecule has 6 heteroatoms. The summed E-state index contributed by atoms with van der Waals surface area (Å²) in [6.07, 6.45) is 0. The molecule has 0 saturated heterocycles. The molecule has 2 N–H and O–H groups in total. The molecular formula is C23H19N3O2S. The van der Waals surface area contributed by atoms with E-state index in [0.717, 1.165) is 16.3 Å². The number of benzene rings is 3. The number of nitrogens with zero attached hydrogens (tertiary/aromatic N) is 1. The van der Waals surface area contributed by atoms with Gasteiger partial charge in [0, 0.05) is 12.1 Å². The zero-order valence-electron chi connectivity index (χ0n) is 15.8. The highest BCUT2D eigenvalue weighted by atomic mass is 32.1.